The molecule has 0 aromatic heterocycles. The standard InChI is InChI=1S/C15H20N2O/c16-17-15(11-4-2-1-3-5-11)13-6-7-14-12(10-13)8-9-18-14/h4,6-7,10,15,17H,1-3,5,8-9,16H2. The largest absolute Gasteiger partial charge is 0.493 e. The van der Waals surface area contributed by atoms with Gasteiger partial charge in [-0.1, -0.05) is 23.8 Å². The first-order valence-electron chi connectivity index (χ1n) is 6.79. The molecule has 0 saturated heterocycles. The van der Waals surface area contributed by atoms with Crippen LogP contribution in [0, 0.1) is 0 Å². The summed E-state index contributed by atoms with van der Waals surface area (Å²) in [6.45, 7) is 0.808. The summed E-state index contributed by atoms with van der Waals surface area (Å²) >= 11 is 0. The van der Waals surface area contributed by atoms with Crippen LogP contribution in [0.2, 0.25) is 0 Å². The molecule has 0 fully saturated rings. The van der Waals surface area contributed by atoms with Gasteiger partial charge in [-0.25, -0.2) is 5.43 Å². The fraction of sp³-hybridized carbons (Fsp3) is 0.467. The van der Waals surface area contributed by atoms with Gasteiger partial charge in [0.05, 0.1) is 12.6 Å². The smallest absolute Gasteiger partial charge is 0.122 e. The van der Waals surface area contributed by atoms with Crippen molar-refractivity contribution in [1.82, 2.24) is 5.43 Å². The summed E-state index contributed by atoms with van der Waals surface area (Å²) in [4.78, 5) is 0. The number of nitrogens with two attached hydrogens (primary N) is 1. The van der Waals surface area contributed by atoms with Crippen molar-refractivity contribution in [2.24, 2.45) is 5.84 Å². The maximum atomic E-state index is 5.76. The van der Waals surface area contributed by atoms with Crippen molar-refractivity contribution in [2.75, 3.05) is 6.61 Å². The highest BCUT2D eigenvalue weighted by molar-refractivity contribution is 5.42. The molecule has 96 valence electrons. The van der Waals surface area contributed by atoms with E-state index >= 15 is 0 Å². The van der Waals surface area contributed by atoms with Gasteiger partial charge in [0, 0.05) is 6.42 Å². The molecule has 0 saturated carbocycles. The summed E-state index contributed by atoms with van der Waals surface area (Å²) < 4.78 is 5.55. The van der Waals surface area contributed by atoms with Crippen LogP contribution in [0.1, 0.15) is 42.9 Å². The lowest BCUT2D eigenvalue weighted by Gasteiger charge is -2.23. The van der Waals surface area contributed by atoms with E-state index in [4.69, 9.17) is 10.6 Å². The van der Waals surface area contributed by atoms with Crippen molar-refractivity contribution in [3.8, 4) is 5.75 Å². The summed E-state index contributed by atoms with van der Waals surface area (Å²) in [7, 11) is 0. The second kappa shape index (κ2) is 5.12. The zero-order valence-electron chi connectivity index (χ0n) is 10.6. The van der Waals surface area contributed by atoms with Crippen molar-refractivity contribution in [2.45, 2.75) is 38.1 Å². The van der Waals surface area contributed by atoms with Gasteiger partial charge in [0.15, 0.2) is 0 Å². The predicted octanol–water partition coefficient (Wildman–Crippen LogP) is 2.63. The number of ether oxygens (including phenoxy) is 1. The Bertz CT molecular complexity index is 468. The Morgan fingerprint density at radius 2 is 2.17 bits per heavy atom. The number of allylic oxidation sites excluding steroid dienone is 1. The van der Waals surface area contributed by atoms with E-state index in [1.165, 1.54) is 36.0 Å². The molecule has 0 radical (unpaired) electrons. The van der Waals surface area contributed by atoms with E-state index in [0.29, 0.717) is 0 Å². The molecule has 1 aromatic carbocycles. The Balaban J connectivity index is 1.89. The van der Waals surface area contributed by atoms with Crippen LogP contribution in [0.3, 0.4) is 0 Å². The normalized spacial score (nSPS) is 19.9. The Morgan fingerprint density at radius 3 is 2.94 bits per heavy atom. The minimum Gasteiger partial charge on any atom is -0.493 e. The van der Waals surface area contributed by atoms with Gasteiger partial charge in [0.1, 0.15) is 5.75 Å². The number of benzene rings is 1. The molecular weight excluding hydrogens is 224 g/mol. The van der Waals surface area contributed by atoms with Gasteiger partial charge in [0.25, 0.3) is 0 Å². The molecule has 1 atom stereocenters. The van der Waals surface area contributed by atoms with Gasteiger partial charge in [-0.2, -0.15) is 0 Å². The van der Waals surface area contributed by atoms with E-state index in [-0.39, 0.29) is 6.04 Å². The fourth-order valence-corrected chi connectivity index (χ4v) is 2.93. The molecule has 0 amide bonds. The van der Waals surface area contributed by atoms with Crippen molar-refractivity contribution >= 4 is 0 Å². The summed E-state index contributed by atoms with van der Waals surface area (Å²) in [5.74, 6) is 6.79. The minimum absolute atomic E-state index is 0.163. The molecule has 1 aromatic rings. The van der Waals surface area contributed by atoms with Crippen molar-refractivity contribution in [1.29, 1.82) is 0 Å². The number of hydrazine groups is 1. The van der Waals surface area contributed by atoms with E-state index in [9.17, 15) is 0 Å². The lowest BCUT2D eigenvalue weighted by Crippen LogP contribution is -2.30. The third-order valence-corrected chi connectivity index (χ3v) is 3.91. The molecule has 3 nitrogen and oxygen atoms in total. The second-order valence-corrected chi connectivity index (χ2v) is 5.09. The quantitative estimate of drug-likeness (QED) is 0.488. The van der Waals surface area contributed by atoms with Crippen LogP contribution >= 0.6 is 0 Å². The third kappa shape index (κ3) is 2.16. The van der Waals surface area contributed by atoms with Crippen LogP contribution in [0.15, 0.2) is 29.8 Å². The number of fused-ring (bicyclic) bond motifs is 1. The molecule has 1 heterocycles. The molecule has 18 heavy (non-hydrogen) atoms. The van der Waals surface area contributed by atoms with Crippen LogP contribution < -0.4 is 16.0 Å². The Labute approximate surface area is 108 Å². The minimum atomic E-state index is 0.163. The van der Waals surface area contributed by atoms with Gasteiger partial charge >= 0.3 is 0 Å². The van der Waals surface area contributed by atoms with E-state index in [0.717, 1.165) is 25.2 Å². The number of nitrogens with one attached hydrogen (secondary N) is 1. The molecule has 2 aliphatic rings. The van der Waals surface area contributed by atoms with Gasteiger partial charge < -0.3 is 4.74 Å². The third-order valence-electron chi connectivity index (χ3n) is 3.91. The SMILES string of the molecule is NNC(C1=CCCCC1)c1ccc2c(c1)CCO2. The molecule has 1 aliphatic carbocycles. The van der Waals surface area contributed by atoms with E-state index in [1.807, 2.05) is 0 Å². The average molecular weight is 244 g/mol. The second-order valence-electron chi connectivity index (χ2n) is 5.09. The van der Waals surface area contributed by atoms with E-state index < -0.39 is 0 Å². The van der Waals surface area contributed by atoms with Crippen LogP contribution in [0.5, 0.6) is 5.75 Å². The summed E-state index contributed by atoms with van der Waals surface area (Å²) in [6.07, 6.45) is 8.28. The van der Waals surface area contributed by atoms with Gasteiger partial charge in [-0.3, -0.25) is 5.84 Å². The summed E-state index contributed by atoms with van der Waals surface area (Å²) in [6, 6.07) is 6.61. The van der Waals surface area contributed by atoms with Crippen LogP contribution in [0.4, 0.5) is 0 Å². The molecule has 3 rings (SSSR count). The fourth-order valence-electron chi connectivity index (χ4n) is 2.93. The number of rotatable bonds is 3. The van der Waals surface area contributed by atoms with Gasteiger partial charge in [-0.15, -0.1) is 0 Å². The monoisotopic (exact) mass is 244 g/mol. The highest BCUT2D eigenvalue weighted by Gasteiger charge is 2.19. The topological polar surface area (TPSA) is 47.3 Å². The number of hydrogen-bond acceptors (Lipinski definition) is 3. The lowest BCUT2D eigenvalue weighted by molar-refractivity contribution is 0.356. The van der Waals surface area contributed by atoms with Crippen molar-refractivity contribution < 1.29 is 4.74 Å². The predicted molar refractivity (Wildman–Crippen MR) is 72.3 cm³/mol. The molecule has 3 N–H and O–H groups in total. The average Bonchev–Trinajstić information content (AvgIpc) is 2.88. The summed E-state index contributed by atoms with van der Waals surface area (Å²) in [5, 5.41) is 0. The maximum Gasteiger partial charge on any atom is 0.122 e. The zero-order chi connectivity index (χ0) is 12.4. The summed E-state index contributed by atoms with van der Waals surface area (Å²) in [5.41, 5.74) is 6.97. The van der Waals surface area contributed by atoms with Gasteiger partial charge in [-0.05, 0) is 42.9 Å². The maximum absolute atomic E-state index is 5.76. The molecular formula is C15H20N2O. The van der Waals surface area contributed by atoms with Crippen LogP contribution in [0.25, 0.3) is 0 Å². The highest BCUT2D eigenvalue weighted by atomic mass is 16.5. The molecule has 0 bridgehead atoms. The Kier molecular flexibility index (Phi) is 3.35. The van der Waals surface area contributed by atoms with Crippen molar-refractivity contribution in [3.05, 3.63) is 41.0 Å². The molecule has 3 heteroatoms. The van der Waals surface area contributed by atoms with Crippen LogP contribution in [-0.2, 0) is 6.42 Å². The first-order chi connectivity index (χ1) is 8.88. The molecule has 1 aliphatic heterocycles. The Morgan fingerprint density at radius 1 is 1.22 bits per heavy atom. The number of hydrogen-bond donors (Lipinski definition) is 2. The molecule has 0 spiro atoms. The van der Waals surface area contributed by atoms with E-state index in [2.05, 4.69) is 29.7 Å². The molecule has 1 unspecified atom stereocenters. The zero-order valence-corrected chi connectivity index (χ0v) is 10.6. The van der Waals surface area contributed by atoms with Gasteiger partial charge in [0.2, 0.25) is 0 Å². The highest BCUT2D eigenvalue weighted by Crippen LogP contribution is 2.33. The lowest BCUT2D eigenvalue weighted by atomic mass is 9.89. The first kappa shape index (κ1) is 11.8. The van der Waals surface area contributed by atoms with E-state index in [1.54, 1.807) is 0 Å². The first-order valence-corrected chi connectivity index (χ1v) is 6.79. The van der Waals surface area contributed by atoms with Crippen molar-refractivity contribution in [3.63, 3.8) is 0 Å². The van der Waals surface area contributed by atoms with Crippen LogP contribution in [-0.4, -0.2) is 6.61 Å². The Hall–Kier alpha value is -1.32.